The van der Waals surface area contributed by atoms with Gasteiger partial charge in [-0.2, -0.15) is 4.31 Å². The van der Waals surface area contributed by atoms with Gasteiger partial charge in [-0.1, -0.05) is 24.3 Å². The second-order valence-electron chi connectivity index (χ2n) is 6.22. The van der Waals surface area contributed by atoms with Crippen LogP contribution in [0.4, 0.5) is 5.69 Å². The van der Waals surface area contributed by atoms with E-state index in [9.17, 15) is 18.5 Å². The average Bonchev–Trinajstić information content (AvgIpc) is 3.08. The first kappa shape index (κ1) is 16.6. The number of nitrogens with zero attached hydrogens (tertiary/aromatic N) is 2. The second-order valence-corrected chi connectivity index (χ2v) is 8.16. The summed E-state index contributed by atoms with van der Waals surface area (Å²) < 4.78 is 27.0. The number of nitro benzene ring substituents is 1. The zero-order valence-electron chi connectivity index (χ0n) is 13.4. The Balaban J connectivity index is 1.92. The first-order valence-corrected chi connectivity index (χ1v) is 8.96. The molecule has 0 amide bonds. The molecule has 3 rings (SSSR count). The smallest absolute Gasteiger partial charge is 0.258 e. The van der Waals surface area contributed by atoms with Crippen LogP contribution in [0.2, 0.25) is 0 Å². The van der Waals surface area contributed by atoms with Gasteiger partial charge in [0.2, 0.25) is 10.0 Å². The molecule has 126 valence electrons. The molecule has 0 radical (unpaired) electrons. The molecule has 1 saturated heterocycles. The summed E-state index contributed by atoms with van der Waals surface area (Å²) in [6, 6.07) is 4.98. The van der Waals surface area contributed by atoms with Crippen molar-refractivity contribution in [2.24, 2.45) is 5.92 Å². The molecule has 1 aromatic carbocycles. The molecule has 1 aliphatic heterocycles. The molecular formula is C17H18N2O4S. The minimum atomic E-state index is -3.69. The number of sulfonamides is 1. The first-order chi connectivity index (χ1) is 11.2. The number of rotatable bonds is 4. The number of hydrogen-bond acceptors (Lipinski definition) is 4. The van der Waals surface area contributed by atoms with Crippen LogP contribution in [0.3, 0.4) is 0 Å². The maximum atomic E-state index is 12.8. The van der Waals surface area contributed by atoms with Gasteiger partial charge >= 0.3 is 0 Å². The molecule has 0 bridgehead atoms. The van der Waals surface area contributed by atoms with Crippen molar-refractivity contribution in [3.63, 3.8) is 0 Å². The second kappa shape index (κ2) is 5.68. The van der Waals surface area contributed by atoms with E-state index >= 15 is 0 Å². The Hall–Kier alpha value is -2.25. The Morgan fingerprint density at radius 2 is 1.96 bits per heavy atom. The van der Waals surface area contributed by atoms with Gasteiger partial charge in [-0.15, -0.1) is 0 Å². The van der Waals surface area contributed by atoms with Crippen LogP contribution in [0.5, 0.6) is 0 Å². The number of nitro groups is 1. The summed E-state index contributed by atoms with van der Waals surface area (Å²) >= 11 is 0. The zero-order valence-corrected chi connectivity index (χ0v) is 14.2. The highest BCUT2D eigenvalue weighted by molar-refractivity contribution is 7.89. The Bertz CT molecular complexity index is 882. The van der Waals surface area contributed by atoms with Crippen molar-refractivity contribution in [3.05, 3.63) is 69.8 Å². The van der Waals surface area contributed by atoms with Crippen LogP contribution in [0.15, 0.2) is 64.6 Å². The van der Waals surface area contributed by atoms with E-state index < -0.39 is 14.9 Å². The van der Waals surface area contributed by atoms with Crippen LogP contribution < -0.4 is 0 Å². The summed E-state index contributed by atoms with van der Waals surface area (Å²) in [6.07, 6.45) is 0.765. The van der Waals surface area contributed by atoms with Crippen LogP contribution in [0.1, 0.15) is 13.3 Å². The summed E-state index contributed by atoms with van der Waals surface area (Å²) in [6.45, 7) is 10.7. The predicted molar refractivity (Wildman–Crippen MR) is 90.9 cm³/mol. The Kier molecular flexibility index (Phi) is 3.93. The molecule has 2 aliphatic rings. The van der Waals surface area contributed by atoms with Crippen molar-refractivity contribution in [3.8, 4) is 0 Å². The quantitative estimate of drug-likeness (QED) is 0.477. The van der Waals surface area contributed by atoms with Crippen LogP contribution in [-0.2, 0) is 10.0 Å². The van der Waals surface area contributed by atoms with E-state index in [0.717, 1.165) is 28.7 Å². The Labute approximate surface area is 141 Å². The summed E-state index contributed by atoms with van der Waals surface area (Å²) in [5, 5.41) is 10.7. The van der Waals surface area contributed by atoms with Gasteiger partial charge in [0.15, 0.2) is 0 Å². The number of hydrogen-bond donors (Lipinski definition) is 0. The number of allylic oxidation sites excluding steroid dienone is 2. The topological polar surface area (TPSA) is 80.5 Å². The molecule has 1 unspecified atom stereocenters. The standard InChI is InChI=1S/C17H18N2O4S/c1-11(2)15-8-12(3)16-9-18(10-17(15)16)24(22,23)14-6-4-13(5-7-14)19(20)21/h4-7,16H,1,3,8-10H2,2H3. The van der Waals surface area contributed by atoms with Gasteiger partial charge in [0.05, 0.1) is 9.82 Å². The average molecular weight is 346 g/mol. The lowest BCUT2D eigenvalue weighted by molar-refractivity contribution is -0.384. The molecule has 1 heterocycles. The lowest BCUT2D eigenvalue weighted by Crippen LogP contribution is -2.29. The van der Waals surface area contributed by atoms with Gasteiger partial charge in [-0.25, -0.2) is 8.42 Å². The van der Waals surface area contributed by atoms with Crippen molar-refractivity contribution in [1.82, 2.24) is 4.31 Å². The summed E-state index contributed by atoms with van der Waals surface area (Å²) in [7, 11) is -3.69. The molecule has 0 saturated carbocycles. The fourth-order valence-electron chi connectivity index (χ4n) is 3.32. The normalized spacial score (nSPS) is 21.2. The fourth-order valence-corrected chi connectivity index (χ4v) is 4.75. The first-order valence-electron chi connectivity index (χ1n) is 7.52. The molecule has 1 aromatic rings. The molecule has 1 atom stereocenters. The van der Waals surface area contributed by atoms with Gasteiger partial charge in [0.1, 0.15) is 0 Å². The van der Waals surface area contributed by atoms with Crippen molar-refractivity contribution in [1.29, 1.82) is 0 Å². The predicted octanol–water partition coefficient (Wildman–Crippen LogP) is 3.05. The molecule has 0 N–H and O–H groups in total. The molecule has 1 fully saturated rings. The number of benzene rings is 1. The van der Waals surface area contributed by atoms with Crippen molar-refractivity contribution in [2.75, 3.05) is 13.1 Å². The van der Waals surface area contributed by atoms with E-state index in [-0.39, 0.29) is 16.5 Å². The maximum absolute atomic E-state index is 12.8. The Morgan fingerprint density at radius 3 is 2.50 bits per heavy atom. The van der Waals surface area contributed by atoms with Gasteiger partial charge in [0, 0.05) is 31.1 Å². The lowest BCUT2D eigenvalue weighted by Gasteiger charge is -2.17. The van der Waals surface area contributed by atoms with E-state index in [1.54, 1.807) is 0 Å². The summed E-state index contributed by atoms with van der Waals surface area (Å²) in [5.41, 5.74) is 4.02. The molecule has 1 aliphatic carbocycles. The highest BCUT2D eigenvalue weighted by atomic mass is 32.2. The third kappa shape index (κ3) is 2.59. The van der Waals surface area contributed by atoms with Crippen LogP contribution in [-0.4, -0.2) is 30.7 Å². The van der Waals surface area contributed by atoms with E-state index in [2.05, 4.69) is 13.2 Å². The molecule has 7 heteroatoms. The van der Waals surface area contributed by atoms with Crippen LogP contribution in [0.25, 0.3) is 0 Å². The van der Waals surface area contributed by atoms with E-state index in [1.807, 2.05) is 6.92 Å². The minimum absolute atomic E-state index is 0.0459. The third-order valence-electron chi connectivity index (χ3n) is 4.64. The number of fused-ring (bicyclic) bond motifs is 1. The third-order valence-corrected chi connectivity index (χ3v) is 6.46. The van der Waals surface area contributed by atoms with Gasteiger partial charge < -0.3 is 0 Å². The molecule has 0 spiro atoms. The highest BCUT2D eigenvalue weighted by Gasteiger charge is 2.41. The van der Waals surface area contributed by atoms with Crippen LogP contribution >= 0.6 is 0 Å². The summed E-state index contributed by atoms with van der Waals surface area (Å²) in [5.74, 6) is 0.0459. The zero-order chi connectivity index (χ0) is 17.6. The minimum Gasteiger partial charge on any atom is -0.258 e. The largest absolute Gasteiger partial charge is 0.269 e. The van der Waals surface area contributed by atoms with E-state index in [4.69, 9.17) is 0 Å². The number of non-ortho nitro benzene ring substituents is 1. The highest BCUT2D eigenvalue weighted by Crippen LogP contribution is 2.44. The summed E-state index contributed by atoms with van der Waals surface area (Å²) in [4.78, 5) is 10.2. The molecule has 24 heavy (non-hydrogen) atoms. The van der Waals surface area contributed by atoms with Gasteiger partial charge in [-0.3, -0.25) is 10.1 Å². The molecular weight excluding hydrogens is 328 g/mol. The molecule has 0 aromatic heterocycles. The van der Waals surface area contributed by atoms with Crippen molar-refractivity contribution < 1.29 is 13.3 Å². The SMILES string of the molecule is C=C(C)C1=C2CN(S(=O)(=O)c3ccc([N+](=O)[O-])cc3)CC2C(=C)C1. The van der Waals surface area contributed by atoms with E-state index in [0.29, 0.717) is 13.1 Å². The van der Waals surface area contributed by atoms with E-state index in [1.165, 1.54) is 28.6 Å². The van der Waals surface area contributed by atoms with Crippen LogP contribution in [0, 0.1) is 16.0 Å². The van der Waals surface area contributed by atoms with Crippen molar-refractivity contribution >= 4 is 15.7 Å². The maximum Gasteiger partial charge on any atom is 0.269 e. The monoisotopic (exact) mass is 346 g/mol. The fraction of sp³-hybridized carbons (Fsp3) is 0.294. The molecule has 6 nitrogen and oxygen atoms in total. The van der Waals surface area contributed by atoms with Gasteiger partial charge in [0.25, 0.3) is 5.69 Å². The van der Waals surface area contributed by atoms with Crippen molar-refractivity contribution in [2.45, 2.75) is 18.2 Å². The Morgan fingerprint density at radius 1 is 1.33 bits per heavy atom. The van der Waals surface area contributed by atoms with Gasteiger partial charge in [-0.05, 0) is 36.6 Å². The lowest BCUT2D eigenvalue weighted by atomic mass is 10.0.